The zero-order valence-electron chi connectivity index (χ0n) is 15.3. The van der Waals surface area contributed by atoms with Crippen LogP contribution in [0.3, 0.4) is 0 Å². The number of nitrogens with zero attached hydrogens (tertiary/aromatic N) is 1. The Labute approximate surface area is 180 Å². The maximum absolute atomic E-state index is 12.6. The van der Waals surface area contributed by atoms with Crippen LogP contribution in [0.15, 0.2) is 46.9 Å². The molecule has 29 heavy (non-hydrogen) atoms. The van der Waals surface area contributed by atoms with Crippen LogP contribution in [0, 0.1) is 0 Å². The summed E-state index contributed by atoms with van der Waals surface area (Å²) < 4.78 is 17.1. The van der Waals surface area contributed by atoms with Gasteiger partial charge in [0.15, 0.2) is 10.9 Å². The zero-order chi connectivity index (χ0) is 20.5. The Kier molecular flexibility index (Phi) is 5.36. The van der Waals surface area contributed by atoms with E-state index in [2.05, 4.69) is 10.3 Å². The predicted molar refractivity (Wildman–Crippen MR) is 115 cm³/mol. The smallest absolute Gasteiger partial charge is 0.293 e. The van der Waals surface area contributed by atoms with Crippen molar-refractivity contribution in [1.29, 1.82) is 0 Å². The lowest BCUT2D eigenvalue weighted by Gasteiger charge is -2.03. The summed E-state index contributed by atoms with van der Waals surface area (Å²) in [6.07, 6.45) is 0. The van der Waals surface area contributed by atoms with Crippen LogP contribution in [0.25, 0.3) is 21.5 Å². The summed E-state index contributed by atoms with van der Waals surface area (Å²) in [5.74, 6) is 1.34. The van der Waals surface area contributed by atoms with Gasteiger partial charge in [-0.3, -0.25) is 10.1 Å². The van der Waals surface area contributed by atoms with E-state index in [0.29, 0.717) is 43.5 Å². The predicted octanol–water partition coefficient (Wildman–Crippen LogP) is 6.13. The fourth-order valence-electron chi connectivity index (χ4n) is 2.76. The lowest BCUT2D eigenvalue weighted by molar-refractivity contribution is 0.0997. The summed E-state index contributed by atoms with van der Waals surface area (Å²) in [6, 6.07) is 12.0. The van der Waals surface area contributed by atoms with Crippen molar-refractivity contribution in [2.75, 3.05) is 19.5 Å². The van der Waals surface area contributed by atoms with Gasteiger partial charge in [0.1, 0.15) is 22.8 Å². The van der Waals surface area contributed by atoms with Crippen molar-refractivity contribution in [2.24, 2.45) is 0 Å². The highest BCUT2D eigenvalue weighted by atomic mass is 35.5. The van der Waals surface area contributed by atoms with Crippen LogP contribution >= 0.6 is 34.5 Å². The molecular weight excluding hydrogens is 435 g/mol. The third kappa shape index (κ3) is 3.76. The minimum absolute atomic E-state index is 0.125. The molecule has 1 amide bonds. The minimum Gasteiger partial charge on any atom is -0.497 e. The van der Waals surface area contributed by atoms with Gasteiger partial charge in [-0.25, -0.2) is 4.98 Å². The van der Waals surface area contributed by atoms with Crippen molar-refractivity contribution in [2.45, 2.75) is 0 Å². The van der Waals surface area contributed by atoms with E-state index >= 15 is 0 Å². The van der Waals surface area contributed by atoms with Crippen molar-refractivity contribution in [3.8, 4) is 22.8 Å². The number of carbonyl (C=O) groups excluding carboxylic acids is 1. The second-order valence-corrected chi connectivity index (χ2v) is 7.73. The number of hydrogen-bond acceptors (Lipinski definition) is 6. The van der Waals surface area contributed by atoms with Crippen LogP contribution in [-0.4, -0.2) is 25.1 Å². The Morgan fingerprint density at radius 2 is 1.97 bits per heavy atom. The Balaban J connectivity index is 1.60. The quantitative estimate of drug-likeness (QED) is 0.397. The average molecular weight is 449 g/mol. The van der Waals surface area contributed by atoms with E-state index in [1.807, 2.05) is 6.07 Å². The number of fused-ring (bicyclic) bond motifs is 1. The van der Waals surface area contributed by atoms with Crippen molar-refractivity contribution in [3.05, 3.63) is 58.3 Å². The topological polar surface area (TPSA) is 73.6 Å². The molecule has 9 heteroatoms. The maximum Gasteiger partial charge on any atom is 0.293 e. The first-order chi connectivity index (χ1) is 14.0. The Hall–Kier alpha value is -2.74. The van der Waals surface area contributed by atoms with Crippen molar-refractivity contribution >= 4 is 55.8 Å². The first-order valence-corrected chi connectivity index (χ1v) is 9.95. The van der Waals surface area contributed by atoms with Gasteiger partial charge in [0.05, 0.1) is 29.0 Å². The van der Waals surface area contributed by atoms with Gasteiger partial charge in [-0.2, -0.15) is 0 Å². The number of nitrogens with one attached hydrogen (secondary N) is 1. The number of ether oxygens (including phenoxy) is 2. The van der Waals surface area contributed by atoms with Crippen LogP contribution in [0.4, 0.5) is 5.13 Å². The molecule has 2 aromatic heterocycles. The molecule has 0 fully saturated rings. The van der Waals surface area contributed by atoms with Gasteiger partial charge in [-0.05, 0) is 30.3 Å². The molecule has 0 saturated carbocycles. The standard InChI is InChI=1S/C20H14Cl2N2O4S/c1-26-10-8-15(27-2)18-16(9-10)29-20(23-18)24-19(25)14-7-6-13(28-14)11-4-3-5-12(21)17(11)22/h3-9H,1-2H3,(H,23,24,25). The summed E-state index contributed by atoms with van der Waals surface area (Å²) in [6.45, 7) is 0. The monoisotopic (exact) mass is 448 g/mol. The molecule has 0 aliphatic rings. The first kappa shape index (κ1) is 19.6. The van der Waals surface area contributed by atoms with E-state index in [1.54, 1.807) is 50.6 Å². The molecule has 2 aromatic carbocycles. The van der Waals surface area contributed by atoms with Crippen LogP contribution in [-0.2, 0) is 0 Å². The Bertz CT molecular complexity index is 1220. The number of aromatic nitrogens is 1. The fraction of sp³-hybridized carbons (Fsp3) is 0.100. The molecule has 6 nitrogen and oxygen atoms in total. The molecule has 0 saturated heterocycles. The molecule has 4 aromatic rings. The van der Waals surface area contributed by atoms with Crippen LogP contribution in [0.1, 0.15) is 10.6 Å². The number of furan rings is 1. The highest BCUT2D eigenvalue weighted by molar-refractivity contribution is 7.22. The van der Waals surface area contributed by atoms with Gasteiger partial charge >= 0.3 is 0 Å². The largest absolute Gasteiger partial charge is 0.497 e. The number of anilines is 1. The van der Waals surface area contributed by atoms with E-state index in [-0.39, 0.29) is 5.76 Å². The lowest BCUT2D eigenvalue weighted by atomic mass is 10.2. The van der Waals surface area contributed by atoms with Gasteiger partial charge in [0, 0.05) is 11.6 Å². The van der Waals surface area contributed by atoms with Crippen molar-refractivity contribution < 1.29 is 18.7 Å². The van der Waals surface area contributed by atoms with Crippen molar-refractivity contribution in [1.82, 2.24) is 4.98 Å². The summed E-state index contributed by atoms with van der Waals surface area (Å²) in [5.41, 5.74) is 1.24. The number of rotatable bonds is 5. The van der Waals surface area contributed by atoms with Crippen LogP contribution in [0.5, 0.6) is 11.5 Å². The molecule has 1 N–H and O–H groups in total. The Morgan fingerprint density at radius 1 is 1.14 bits per heavy atom. The molecule has 2 heterocycles. The van der Waals surface area contributed by atoms with E-state index in [4.69, 9.17) is 37.1 Å². The van der Waals surface area contributed by atoms with Gasteiger partial charge < -0.3 is 13.9 Å². The van der Waals surface area contributed by atoms with E-state index in [9.17, 15) is 4.79 Å². The third-order valence-electron chi connectivity index (χ3n) is 4.16. The van der Waals surface area contributed by atoms with Crippen LogP contribution < -0.4 is 14.8 Å². The molecule has 0 spiro atoms. The van der Waals surface area contributed by atoms with E-state index in [1.165, 1.54) is 11.3 Å². The second-order valence-electron chi connectivity index (χ2n) is 5.91. The number of carbonyl (C=O) groups is 1. The zero-order valence-corrected chi connectivity index (χ0v) is 17.6. The number of thiazole rings is 1. The molecule has 0 unspecified atom stereocenters. The second kappa shape index (κ2) is 7.94. The first-order valence-electron chi connectivity index (χ1n) is 8.38. The number of methoxy groups -OCH3 is 2. The summed E-state index contributed by atoms with van der Waals surface area (Å²) in [7, 11) is 3.13. The molecular formula is C20H14Cl2N2O4S. The molecule has 0 atom stereocenters. The maximum atomic E-state index is 12.6. The van der Waals surface area contributed by atoms with Gasteiger partial charge in [-0.15, -0.1) is 0 Å². The van der Waals surface area contributed by atoms with Gasteiger partial charge in [-0.1, -0.05) is 40.6 Å². The van der Waals surface area contributed by atoms with Gasteiger partial charge in [0.25, 0.3) is 5.91 Å². The molecule has 0 bridgehead atoms. The number of benzene rings is 2. The number of amides is 1. The molecule has 0 aliphatic carbocycles. The fourth-order valence-corrected chi connectivity index (χ4v) is 4.06. The average Bonchev–Trinajstić information content (AvgIpc) is 3.36. The summed E-state index contributed by atoms with van der Waals surface area (Å²) >= 11 is 13.6. The third-order valence-corrected chi connectivity index (χ3v) is 5.89. The van der Waals surface area contributed by atoms with Crippen LogP contribution in [0.2, 0.25) is 10.0 Å². The van der Waals surface area contributed by atoms with E-state index in [0.717, 1.165) is 4.70 Å². The minimum atomic E-state index is -0.431. The van der Waals surface area contributed by atoms with E-state index < -0.39 is 5.91 Å². The van der Waals surface area contributed by atoms with Gasteiger partial charge in [0.2, 0.25) is 0 Å². The normalized spacial score (nSPS) is 10.9. The number of hydrogen-bond donors (Lipinski definition) is 1. The van der Waals surface area contributed by atoms with Crippen molar-refractivity contribution in [3.63, 3.8) is 0 Å². The highest BCUT2D eigenvalue weighted by Gasteiger charge is 2.18. The molecule has 4 rings (SSSR count). The lowest BCUT2D eigenvalue weighted by Crippen LogP contribution is -2.10. The number of halogens is 2. The SMILES string of the molecule is COc1cc(OC)c2nc(NC(=O)c3ccc(-c4cccc(Cl)c4Cl)o3)sc2c1. The summed E-state index contributed by atoms with van der Waals surface area (Å²) in [5, 5.41) is 3.93. The summed E-state index contributed by atoms with van der Waals surface area (Å²) in [4.78, 5) is 17.1. The molecule has 148 valence electrons. The molecule has 0 radical (unpaired) electrons. The highest BCUT2D eigenvalue weighted by Crippen LogP contribution is 2.37. The Morgan fingerprint density at radius 3 is 2.72 bits per heavy atom. The molecule has 0 aliphatic heterocycles.